The molecule has 0 aliphatic carbocycles. The van der Waals surface area contributed by atoms with Gasteiger partial charge < -0.3 is 4.74 Å². The van der Waals surface area contributed by atoms with Crippen LogP contribution in [-0.2, 0) is 10.3 Å². The van der Waals surface area contributed by atoms with Gasteiger partial charge in [-0.3, -0.25) is 0 Å². The van der Waals surface area contributed by atoms with E-state index in [1.54, 1.807) is 0 Å². The molecule has 0 N–H and O–H groups in total. The molecule has 0 amide bonds. The Morgan fingerprint density at radius 3 is 2.21 bits per heavy atom. The Morgan fingerprint density at radius 1 is 1.14 bits per heavy atom. The third-order valence-corrected chi connectivity index (χ3v) is 2.25. The second-order valence-electron chi connectivity index (χ2n) is 4.58. The van der Waals surface area contributed by atoms with E-state index in [4.69, 9.17) is 4.74 Å². The Morgan fingerprint density at radius 2 is 1.71 bits per heavy atom. The summed E-state index contributed by atoms with van der Waals surface area (Å²) < 4.78 is 5.88. The Balaban J connectivity index is 2.66. The second kappa shape index (κ2) is 4.61. The molecule has 0 saturated carbocycles. The van der Waals surface area contributed by atoms with Crippen molar-refractivity contribution >= 4 is 0 Å². The van der Waals surface area contributed by atoms with Crippen LogP contribution in [0.15, 0.2) is 30.3 Å². The predicted octanol–water partition coefficient (Wildman–Crippen LogP) is 3.59. The van der Waals surface area contributed by atoms with Crippen molar-refractivity contribution in [2.75, 3.05) is 6.61 Å². The summed E-state index contributed by atoms with van der Waals surface area (Å²) in [6.07, 6.45) is 0. The van der Waals surface area contributed by atoms with Gasteiger partial charge >= 0.3 is 0 Å². The summed E-state index contributed by atoms with van der Waals surface area (Å²) in [6, 6.07) is 10.4. The Hall–Kier alpha value is -0.820. The van der Waals surface area contributed by atoms with Gasteiger partial charge in [0.05, 0.1) is 12.2 Å². The van der Waals surface area contributed by atoms with Crippen LogP contribution in [0.2, 0.25) is 0 Å². The normalized spacial score (nSPS) is 12.1. The zero-order chi connectivity index (χ0) is 10.6. The lowest BCUT2D eigenvalue weighted by Gasteiger charge is -2.27. The van der Waals surface area contributed by atoms with E-state index in [2.05, 4.69) is 52.0 Å². The van der Waals surface area contributed by atoms with E-state index < -0.39 is 0 Å². The van der Waals surface area contributed by atoms with Crippen LogP contribution in [0, 0.1) is 5.92 Å². The van der Waals surface area contributed by atoms with E-state index in [-0.39, 0.29) is 5.60 Å². The molecule has 0 atom stereocenters. The van der Waals surface area contributed by atoms with E-state index in [0.717, 1.165) is 6.61 Å². The van der Waals surface area contributed by atoms with Crippen molar-refractivity contribution in [2.45, 2.75) is 33.3 Å². The highest BCUT2D eigenvalue weighted by atomic mass is 16.5. The number of rotatable bonds is 4. The van der Waals surface area contributed by atoms with Crippen molar-refractivity contribution in [3.63, 3.8) is 0 Å². The fraction of sp³-hybridized carbons (Fsp3) is 0.538. The largest absolute Gasteiger partial charge is 0.371 e. The summed E-state index contributed by atoms with van der Waals surface area (Å²) in [4.78, 5) is 0. The molecule has 0 radical (unpaired) electrons. The second-order valence-corrected chi connectivity index (χ2v) is 4.58. The molecule has 1 aromatic carbocycles. The van der Waals surface area contributed by atoms with Crippen LogP contribution in [0.1, 0.15) is 33.3 Å². The zero-order valence-electron chi connectivity index (χ0n) is 9.58. The van der Waals surface area contributed by atoms with E-state index in [0.29, 0.717) is 5.92 Å². The minimum Gasteiger partial charge on any atom is -0.371 e. The van der Waals surface area contributed by atoms with Crippen molar-refractivity contribution in [3.05, 3.63) is 35.9 Å². The van der Waals surface area contributed by atoms with Crippen molar-refractivity contribution in [2.24, 2.45) is 5.92 Å². The van der Waals surface area contributed by atoms with Crippen molar-refractivity contribution in [1.29, 1.82) is 0 Å². The number of ether oxygens (including phenoxy) is 1. The highest BCUT2D eigenvalue weighted by molar-refractivity contribution is 5.20. The van der Waals surface area contributed by atoms with Crippen LogP contribution in [0.3, 0.4) is 0 Å². The van der Waals surface area contributed by atoms with Crippen LogP contribution in [0.25, 0.3) is 0 Å². The van der Waals surface area contributed by atoms with E-state index in [9.17, 15) is 0 Å². The molecule has 1 rings (SSSR count). The molecule has 0 aromatic heterocycles. The number of hydrogen-bond acceptors (Lipinski definition) is 1. The first kappa shape index (κ1) is 11.3. The molecule has 0 aliphatic heterocycles. The van der Waals surface area contributed by atoms with Crippen LogP contribution in [0.5, 0.6) is 0 Å². The third-order valence-electron chi connectivity index (χ3n) is 2.25. The first-order valence-electron chi connectivity index (χ1n) is 5.22. The van der Waals surface area contributed by atoms with Gasteiger partial charge in [0, 0.05) is 0 Å². The van der Waals surface area contributed by atoms with Gasteiger partial charge in [0.15, 0.2) is 0 Å². The molecule has 78 valence electrons. The van der Waals surface area contributed by atoms with E-state index in [1.165, 1.54) is 5.56 Å². The van der Waals surface area contributed by atoms with Gasteiger partial charge in [-0.1, -0.05) is 44.2 Å². The van der Waals surface area contributed by atoms with Crippen molar-refractivity contribution in [1.82, 2.24) is 0 Å². The molecule has 0 saturated heterocycles. The lowest BCUT2D eigenvalue weighted by molar-refractivity contribution is -0.0347. The van der Waals surface area contributed by atoms with Crippen LogP contribution in [0.4, 0.5) is 0 Å². The summed E-state index contributed by atoms with van der Waals surface area (Å²) in [7, 11) is 0. The maximum Gasteiger partial charge on any atom is 0.0875 e. The number of benzene rings is 1. The number of hydrogen-bond donors (Lipinski definition) is 0. The summed E-state index contributed by atoms with van der Waals surface area (Å²) in [6.45, 7) is 9.37. The third kappa shape index (κ3) is 3.15. The van der Waals surface area contributed by atoms with Gasteiger partial charge in [-0.25, -0.2) is 0 Å². The van der Waals surface area contributed by atoms with Crippen LogP contribution in [-0.4, -0.2) is 6.61 Å². The molecular formula is C13H20O. The van der Waals surface area contributed by atoms with Gasteiger partial charge in [0.1, 0.15) is 0 Å². The molecule has 1 heteroatoms. The van der Waals surface area contributed by atoms with E-state index in [1.807, 2.05) is 6.07 Å². The van der Waals surface area contributed by atoms with Gasteiger partial charge in [0.25, 0.3) is 0 Å². The minimum absolute atomic E-state index is 0.175. The summed E-state index contributed by atoms with van der Waals surface area (Å²) in [5.74, 6) is 0.581. The maximum atomic E-state index is 5.88. The Labute approximate surface area is 87.1 Å². The standard InChI is InChI=1S/C13H20O/c1-11(2)10-14-13(3,4)12-8-6-5-7-9-12/h5-9,11H,10H2,1-4H3. The molecule has 0 aliphatic rings. The maximum absolute atomic E-state index is 5.88. The van der Waals surface area contributed by atoms with E-state index >= 15 is 0 Å². The average molecular weight is 192 g/mol. The minimum atomic E-state index is -0.175. The van der Waals surface area contributed by atoms with Crippen molar-refractivity contribution in [3.8, 4) is 0 Å². The van der Waals surface area contributed by atoms with Crippen molar-refractivity contribution < 1.29 is 4.74 Å². The average Bonchev–Trinajstić information content (AvgIpc) is 2.16. The van der Waals surface area contributed by atoms with Gasteiger partial charge in [0.2, 0.25) is 0 Å². The molecule has 0 spiro atoms. The molecule has 0 bridgehead atoms. The van der Waals surface area contributed by atoms with Gasteiger partial charge in [-0.05, 0) is 25.3 Å². The first-order valence-corrected chi connectivity index (χ1v) is 5.22. The summed E-state index contributed by atoms with van der Waals surface area (Å²) >= 11 is 0. The molecular weight excluding hydrogens is 172 g/mol. The molecule has 0 heterocycles. The van der Waals surface area contributed by atoms with Crippen LogP contribution >= 0.6 is 0 Å². The van der Waals surface area contributed by atoms with Gasteiger partial charge in [-0.2, -0.15) is 0 Å². The summed E-state index contributed by atoms with van der Waals surface area (Å²) in [5.41, 5.74) is 1.06. The first-order chi connectivity index (χ1) is 6.52. The van der Waals surface area contributed by atoms with Gasteiger partial charge in [-0.15, -0.1) is 0 Å². The topological polar surface area (TPSA) is 9.23 Å². The zero-order valence-corrected chi connectivity index (χ0v) is 9.58. The highest BCUT2D eigenvalue weighted by Gasteiger charge is 2.20. The molecule has 14 heavy (non-hydrogen) atoms. The Bertz CT molecular complexity index is 262. The fourth-order valence-electron chi connectivity index (χ4n) is 1.30. The lowest BCUT2D eigenvalue weighted by Crippen LogP contribution is -2.23. The molecule has 1 nitrogen and oxygen atoms in total. The monoisotopic (exact) mass is 192 g/mol. The lowest BCUT2D eigenvalue weighted by atomic mass is 9.98. The van der Waals surface area contributed by atoms with Crippen LogP contribution < -0.4 is 0 Å². The quantitative estimate of drug-likeness (QED) is 0.708. The highest BCUT2D eigenvalue weighted by Crippen LogP contribution is 2.24. The molecule has 0 fully saturated rings. The summed E-state index contributed by atoms with van der Waals surface area (Å²) in [5, 5.41) is 0. The predicted molar refractivity (Wildman–Crippen MR) is 60.3 cm³/mol. The Kier molecular flexibility index (Phi) is 3.70. The molecule has 0 unspecified atom stereocenters. The smallest absolute Gasteiger partial charge is 0.0875 e. The SMILES string of the molecule is CC(C)COC(C)(C)c1ccccc1. The molecule has 1 aromatic rings. The fourth-order valence-corrected chi connectivity index (χ4v) is 1.30.